The van der Waals surface area contributed by atoms with Crippen LogP contribution in [0.3, 0.4) is 0 Å². The van der Waals surface area contributed by atoms with Crippen molar-refractivity contribution in [2.45, 2.75) is 6.92 Å². The van der Waals surface area contributed by atoms with Crippen LogP contribution in [0.5, 0.6) is 11.6 Å². The van der Waals surface area contributed by atoms with Gasteiger partial charge in [-0.05, 0) is 31.2 Å². The third-order valence-corrected chi connectivity index (χ3v) is 3.19. The molecular weight excluding hydrogens is 428 g/mol. The number of aryl methyl sites for hydroxylation is 1. The van der Waals surface area contributed by atoms with Gasteiger partial charge in [0, 0.05) is 18.3 Å². The van der Waals surface area contributed by atoms with E-state index in [1.807, 2.05) is 24.3 Å². The minimum atomic E-state index is 0. The molecule has 0 saturated carbocycles. The largest absolute Gasteiger partial charge is 0.493 e. The molecule has 3 N–H and O–H groups in total. The maximum atomic E-state index is 9.95. The molecule has 6 nitrogen and oxygen atoms in total. The van der Waals surface area contributed by atoms with E-state index < -0.39 is 0 Å². The van der Waals surface area contributed by atoms with Crippen molar-refractivity contribution in [1.29, 1.82) is 0 Å². The molecular formula is C15H18Br2N4O2. The number of hydrogen-bond donors (Lipinski definition) is 2. The van der Waals surface area contributed by atoms with Gasteiger partial charge >= 0.3 is 0 Å². The zero-order valence-corrected chi connectivity index (χ0v) is 15.9. The van der Waals surface area contributed by atoms with Gasteiger partial charge in [0.2, 0.25) is 5.88 Å². The van der Waals surface area contributed by atoms with E-state index in [9.17, 15) is 5.11 Å². The first-order chi connectivity index (χ1) is 10.2. The summed E-state index contributed by atoms with van der Waals surface area (Å²) in [6.45, 7) is 2.73. The first-order valence-electron chi connectivity index (χ1n) is 6.66. The van der Waals surface area contributed by atoms with Crippen LogP contribution in [-0.2, 0) is 0 Å². The minimum Gasteiger partial charge on any atom is -0.493 e. The predicted molar refractivity (Wildman–Crippen MR) is 100 cm³/mol. The number of nitrogens with zero attached hydrogens (tertiary/aromatic N) is 3. The van der Waals surface area contributed by atoms with Gasteiger partial charge in [-0.15, -0.1) is 34.0 Å². The van der Waals surface area contributed by atoms with Gasteiger partial charge in [0.05, 0.1) is 11.9 Å². The van der Waals surface area contributed by atoms with Crippen molar-refractivity contribution >= 4 is 39.6 Å². The lowest BCUT2D eigenvalue weighted by molar-refractivity contribution is 0.328. The molecule has 0 atom stereocenters. The van der Waals surface area contributed by atoms with Crippen LogP contribution in [-0.4, -0.2) is 32.6 Å². The fraction of sp³-hybridized carbons (Fsp3) is 0.200. The Labute approximate surface area is 154 Å². The highest BCUT2D eigenvalue weighted by Gasteiger charge is 2.09. The van der Waals surface area contributed by atoms with Gasteiger partial charge in [-0.1, -0.05) is 0 Å². The van der Waals surface area contributed by atoms with E-state index in [2.05, 4.69) is 9.97 Å². The molecule has 0 fully saturated rings. The van der Waals surface area contributed by atoms with Crippen LogP contribution >= 0.6 is 34.0 Å². The first-order valence-corrected chi connectivity index (χ1v) is 6.66. The van der Waals surface area contributed by atoms with Crippen molar-refractivity contribution in [3.05, 3.63) is 42.4 Å². The fourth-order valence-corrected chi connectivity index (χ4v) is 2.11. The summed E-state index contributed by atoms with van der Waals surface area (Å²) < 4.78 is 7.06. The smallest absolute Gasteiger partial charge is 0.219 e. The van der Waals surface area contributed by atoms with E-state index in [1.54, 1.807) is 23.7 Å². The van der Waals surface area contributed by atoms with E-state index in [4.69, 9.17) is 10.5 Å². The van der Waals surface area contributed by atoms with Gasteiger partial charge in [0.25, 0.3) is 0 Å². The molecule has 8 heteroatoms. The normalized spacial score (nSPS) is 10.0. The van der Waals surface area contributed by atoms with Gasteiger partial charge in [-0.3, -0.25) is 9.38 Å². The molecule has 124 valence electrons. The molecule has 3 aromatic rings. The monoisotopic (exact) mass is 444 g/mol. The standard InChI is InChI=1S/C15H16N4O2.2BrH/c1-10-15(20)19-9-13(17-8-14(19)18-10)11-2-4-12(5-3-11)21-7-6-16;;/h2-5,8-9,20H,6-7,16H2,1H3;2*1H. The predicted octanol–water partition coefficient (Wildman–Crippen LogP) is 2.90. The summed E-state index contributed by atoms with van der Waals surface area (Å²) in [6.07, 6.45) is 3.40. The molecule has 0 aliphatic carbocycles. The highest BCUT2D eigenvalue weighted by Crippen LogP contribution is 2.24. The van der Waals surface area contributed by atoms with E-state index in [0.29, 0.717) is 24.5 Å². The van der Waals surface area contributed by atoms with Crippen molar-refractivity contribution < 1.29 is 9.84 Å². The van der Waals surface area contributed by atoms with Gasteiger partial charge in [-0.25, -0.2) is 4.98 Å². The lowest BCUT2D eigenvalue weighted by Gasteiger charge is -2.06. The second-order valence-corrected chi connectivity index (χ2v) is 4.68. The molecule has 1 aromatic carbocycles. The second-order valence-electron chi connectivity index (χ2n) is 4.68. The maximum Gasteiger partial charge on any atom is 0.219 e. The summed E-state index contributed by atoms with van der Waals surface area (Å²) in [5.41, 5.74) is 8.29. The average molecular weight is 446 g/mol. The zero-order chi connectivity index (χ0) is 14.8. The van der Waals surface area contributed by atoms with E-state index in [1.165, 1.54) is 0 Å². The molecule has 0 spiro atoms. The molecule has 0 aliphatic heterocycles. The van der Waals surface area contributed by atoms with Crippen LogP contribution < -0.4 is 10.5 Å². The van der Waals surface area contributed by atoms with Crippen LogP contribution in [0.1, 0.15) is 5.69 Å². The summed E-state index contributed by atoms with van der Waals surface area (Å²) in [7, 11) is 0. The fourth-order valence-electron chi connectivity index (χ4n) is 2.11. The minimum absolute atomic E-state index is 0. The van der Waals surface area contributed by atoms with Crippen LogP contribution in [0.2, 0.25) is 0 Å². The average Bonchev–Trinajstić information content (AvgIpc) is 2.80. The number of aromatic hydroxyl groups is 1. The highest BCUT2D eigenvalue weighted by atomic mass is 79.9. The highest BCUT2D eigenvalue weighted by molar-refractivity contribution is 8.93. The molecule has 2 heterocycles. The summed E-state index contributed by atoms with van der Waals surface area (Å²) in [5, 5.41) is 9.95. The Hall–Kier alpha value is -1.64. The lowest BCUT2D eigenvalue weighted by atomic mass is 10.1. The molecule has 0 amide bonds. The van der Waals surface area contributed by atoms with E-state index in [-0.39, 0.29) is 39.8 Å². The Morgan fingerprint density at radius 3 is 2.57 bits per heavy atom. The Morgan fingerprint density at radius 2 is 1.91 bits per heavy atom. The number of imidazole rings is 1. The molecule has 0 unspecified atom stereocenters. The lowest BCUT2D eigenvalue weighted by Crippen LogP contribution is -2.10. The second kappa shape index (κ2) is 8.28. The van der Waals surface area contributed by atoms with Gasteiger partial charge in [-0.2, -0.15) is 0 Å². The number of aromatic nitrogens is 3. The van der Waals surface area contributed by atoms with Crippen LogP contribution in [0.25, 0.3) is 16.9 Å². The molecule has 0 bridgehead atoms. The van der Waals surface area contributed by atoms with Crippen molar-refractivity contribution in [2.24, 2.45) is 5.73 Å². The Kier molecular flexibility index (Phi) is 6.99. The van der Waals surface area contributed by atoms with Crippen LogP contribution in [0.15, 0.2) is 36.7 Å². The van der Waals surface area contributed by atoms with Crippen molar-refractivity contribution in [2.75, 3.05) is 13.2 Å². The van der Waals surface area contributed by atoms with Crippen LogP contribution in [0, 0.1) is 6.92 Å². The topological polar surface area (TPSA) is 85.7 Å². The maximum absolute atomic E-state index is 9.95. The first kappa shape index (κ1) is 19.4. The SMILES string of the molecule is Br.Br.Cc1nc2cnc(-c3ccc(OCCN)cc3)cn2c1O. The number of ether oxygens (including phenoxy) is 1. The van der Waals surface area contributed by atoms with Crippen molar-refractivity contribution in [3.8, 4) is 22.9 Å². The molecule has 2 aromatic heterocycles. The zero-order valence-electron chi connectivity index (χ0n) is 12.5. The summed E-state index contributed by atoms with van der Waals surface area (Å²) in [6, 6.07) is 7.58. The van der Waals surface area contributed by atoms with E-state index in [0.717, 1.165) is 17.0 Å². The number of rotatable bonds is 4. The van der Waals surface area contributed by atoms with Crippen molar-refractivity contribution in [1.82, 2.24) is 14.4 Å². The summed E-state index contributed by atoms with van der Waals surface area (Å²) in [5.74, 6) is 0.906. The molecule has 0 saturated heterocycles. The molecule has 0 aliphatic rings. The van der Waals surface area contributed by atoms with Gasteiger partial charge in [0.15, 0.2) is 5.65 Å². The third kappa shape index (κ3) is 4.01. The van der Waals surface area contributed by atoms with Crippen LogP contribution in [0.4, 0.5) is 0 Å². The summed E-state index contributed by atoms with van der Waals surface area (Å²) >= 11 is 0. The molecule has 23 heavy (non-hydrogen) atoms. The third-order valence-electron chi connectivity index (χ3n) is 3.19. The molecule has 3 rings (SSSR count). The Morgan fingerprint density at radius 1 is 1.22 bits per heavy atom. The molecule has 0 radical (unpaired) electrons. The Bertz CT molecular complexity index is 775. The number of nitrogens with two attached hydrogens (primary N) is 1. The number of halogens is 2. The van der Waals surface area contributed by atoms with Gasteiger partial charge in [0.1, 0.15) is 18.1 Å². The van der Waals surface area contributed by atoms with Gasteiger partial charge < -0.3 is 15.6 Å². The number of benzene rings is 1. The van der Waals surface area contributed by atoms with Crippen molar-refractivity contribution in [3.63, 3.8) is 0 Å². The van der Waals surface area contributed by atoms with E-state index >= 15 is 0 Å². The Balaban J connectivity index is 0.00000132. The summed E-state index contributed by atoms with van der Waals surface area (Å²) in [4.78, 5) is 8.58. The number of fused-ring (bicyclic) bond motifs is 1. The number of hydrogen-bond acceptors (Lipinski definition) is 5. The quantitative estimate of drug-likeness (QED) is 0.644.